The third-order valence-electron chi connectivity index (χ3n) is 8.68. The highest BCUT2D eigenvalue weighted by Crippen LogP contribution is 2.38. The molecule has 0 amide bonds. The zero-order valence-corrected chi connectivity index (χ0v) is 21.5. The summed E-state index contributed by atoms with van der Waals surface area (Å²) in [5.74, 6) is 0. The van der Waals surface area contributed by atoms with E-state index in [4.69, 9.17) is 0 Å². The lowest BCUT2D eigenvalue weighted by Gasteiger charge is -2.14. The van der Waals surface area contributed by atoms with Crippen molar-refractivity contribution in [2.45, 2.75) is 13.8 Å². The number of fused-ring (bicyclic) bond motifs is 1. The first-order chi connectivity index (χ1) is 18.7. The van der Waals surface area contributed by atoms with Gasteiger partial charge in [0.1, 0.15) is 0 Å². The van der Waals surface area contributed by atoms with Gasteiger partial charge in [-0.15, -0.1) is 0 Å². The molecule has 0 aliphatic rings. The van der Waals surface area contributed by atoms with Gasteiger partial charge in [-0.1, -0.05) is 109 Å². The van der Waals surface area contributed by atoms with Gasteiger partial charge in [0.15, 0.2) is 0 Å². The Balaban J connectivity index is 1.79. The summed E-state index contributed by atoms with van der Waals surface area (Å²) in [5, 5.41) is 18.0. The Bertz CT molecular complexity index is 2140. The Morgan fingerprint density at radius 2 is 0.553 bits per heavy atom. The maximum absolute atomic E-state index is 2.42. The molecule has 0 aliphatic heterocycles. The lowest BCUT2D eigenvalue weighted by atomic mass is 9.90. The molecule has 9 aromatic rings. The fourth-order valence-corrected chi connectivity index (χ4v) is 6.64. The fourth-order valence-electron chi connectivity index (χ4n) is 6.64. The molecule has 0 unspecified atom stereocenters. The van der Waals surface area contributed by atoms with Crippen LogP contribution in [0.25, 0.3) is 75.4 Å². The molecule has 0 heterocycles. The lowest BCUT2D eigenvalue weighted by molar-refractivity contribution is 1.42. The zero-order chi connectivity index (χ0) is 25.4. The minimum atomic E-state index is 1.26. The van der Waals surface area contributed by atoms with Crippen molar-refractivity contribution in [3.05, 3.63) is 132 Å². The molecule has 0 heteroatoms. The highest BCUT2D eigenvalue weighted by atomic mass is 14.2. The monoisotopic (exact) mass is 482 g/mol. The van der Waals surface area contributed by atoms with Crippen molar-refractivity contribution in [3.63, 3.8) is 0 Å². The van der Waals surface area contributed by atoms with Gasteiger partial charge in [0.25, 0.3) is 0 Å². The first-order valence-electron chi connectivity index (χ1n) is 13.4. The quantitative estimate of drug-likeness (QED) is 0.189. The maximum atomic E-state index is 2.42. The van der Waals surface area contributed by atoms with Crippen LogP contribution in [-0.4, -0.2) is 0 Å². The van der Waals surface area contributed by atoms with Crippen LogP contribution >= 0.6 is 0 Å². The van der Waals surface area contributed by atoms with Crippen molar-refractivity contribution in [2.24, 2.45) is 0 Å². The van der Waals surface area contributed by atoms with Gasteiger partial charge in [0.05, 0.1) is 0 Å². The van der Waals surface area contributed by atoms with E-state index < -0.39 is 0 Å². The van der Waals surface area contributed by atoms with Gasteiger partial charge in [-0.25, -0.2) is 0 Å². The number of aryl methyl sites for hydroxylation is 2. The molecule has 6 bridgehead atoms. The smallest absolute Gasteiger partial charge is 0.00962 e. The van der Waals surface area contributed by atoms with Crippen LogP contribution in [0.4, 0.5) is 0 Å². The molecular weight excluding hydrogens is 456 g/mol. The molecule has 0 spiro atoms. The van der Waals surface area contributed by atoms with E-state index in [1.807, 2.05) is 0 Å². The minimum Gasteiger partial charge on any atom is -0.0616 e. The highest BCUT2D eigenvalue weighted by Gasteiger charge is 2.12. The Hall–Kier alpha value is -4.68. The molecule has 9 aromatic carbocycles. The summed E-state index contributed by atoms with van der Waals surface area (Å²) in [7, 11) is 0. The van der Waals surface area contributed by atoms with Crippen LogP contribution in [-0.2, 0) is 0 Å². The Labute approximate surface area is 221 Å². The zero-order valence-electron chi connectivity index (χ0n) is 21.5. The first kappa shape index (κ1) is 21.4. The van der Waals surface area contributed by atoms with Crippen molar-refractivity contribution >= 4 is 75.4 Å². The van der Waals surface area contributed by atoms with Gasteiger partial charge < -0.3 is 0 Å². The van der Waals surface area contributed by atoms with E-state index in [1.54, 1.807) is 0 Å². The summed E-state index contributed by atoms with van der Waals surface area (Å²) in [6.45, 7) is 4.53. The van der Waals surface area contributed by atoms with Gasteiger partial charge in [-0.3, -0.25) is 0 Å². The molecule has 0 nitrogen and oxygen atoms in total. The molecule has 0 fully saturated rings. The average Bonchev–Trinajstić information content (AvgIpc) is 2.98. The molecule has 0 aromatic heterocycles. The molecule has 0 aliphatic carbocycles. The Morgan fingerprint density at radius 3 is 0.947 bits per heavy atom. The van der Waals surface area contributed by atoms with E-state index in [9.17, 15) is 0 Å². The predicted molar refractivity (Wildman–Crippen MR) is 167 cm³/mol. The van der Waals surface area contributed by atoms with Gasteiger partial charge in [-0.2, -0.15) is 0 Å². The second-order valence-corrected chi connectivity index (χ2v) is 10.6. The summed E-state index contributed by atoms with van der Waals surface area (Å²) >= 11 is 0. The molecule has 0 saturated heterocycles. The van der Waals surface area contributed by atoms with Crippen LogP contribution in [0.3, 0.4) is 0 Å². The van der Waals surface area contributed by atoms with Crippen molar-refractivity contribution < 1.29 is 0 Å². The standard InChI is InChI=1S/C38H26/c1-23-24(2)28-18-16-26-22-38(28)37-21-25(15-17-27(23)37)29-9-3-5-11-31(29)35-19-20-36(32-12-6-4-10-30(26)32)34-14-8-7-13-33(34)35/h3-22H,1-2H3. The molecule has 38 heavy (non-hydrogen) atoms. The summed E-state index contributed by atoms with van der Waals surface area (Å²) in [4.78, 5) is 0. The third kappa shape index (κ3) is 2.92. The summed E-state index contributed by atoms with van der Waals surface area (Å²) < 4.78 is 0. The highest BCUT2D eigenvalue weighted by molar-refractivity contribution is 6.24. The van der Waals surface area contributed by atoms with Crippen LogP contribution in [0.1, 0.15) is 11.1 Å². The molecule has 178 valence electrons. The van der Waals surface area contributed by atoms with Crippen molar-refractivity contribution in [3.8, 4) is 0 Å². The lowest BCUT2D eigenvalue weighted by Crippen LogP contribution is -1.89. The molecule has 0 atom stereocenters. The maximum Gasteiger partial charge on any atom is -0.00962 e. The topological polar surface area (TPSA) is 0 Å². The van der Waals surface area contributed by atoms with Gasteiger partial charge >= 0.3 is 0 Å². The molecular formula is C38H26. The minimum absolute atomic E-state index is 1.26. The van der Waals surface area contributed by atoms with E-state index in [0.29, 0.717) is 0 Å². The molecule has 9 rings (SSSR count). The van der Waals surface area contributed by atoms with Crippen LogP contribution in [0.2, 0.25) is 0 Å². The van der Waals surface area contributed by atoms with E-state index in [-0.39, 0.29) is 0 Å². The second kappa shape index (κ2) is 7.91. The fraction of sp³-hybridized carbons (Fsp3) is 0.0526. The molecule has 0 saturated carbocycles. The van der Waals surface area contributed by atoms with Crippen LogP contribution in [0, 0.1) is 13.8 Å². The number of rotatable bonds is 0. The van der Waals surface area contributed by atoms with Gasteiger partial charge in [0, 0.05) is 0 Å². The molecule has 0 radical (unpaired) electrons. The SMILES string of the molecule is Cc1c(C)c2ccc3cc2c2cc(ccc12)c1ccccc1c1ccc(c2ccccc32)c2ccccc12. The summed E-state index contributed by atoms with van der Waals surface area (Å²) in [6, 6.07) is 45.4. The van der Waals surface area contributed by atoms with E-state index in [2.05, 4.69) is 135 Å². The Kier molecular flexibility index (Phi) is 4.46. The van der Waals surface area contributed by atoms with Crippen molar-refractivity contribution in [1.82, 2.24) is 0 Å². The van der Waals surface area contributed by atoms with Crippen LogP contribution < -0.4 is 0 Å². The summed E-state index contributed by atoms with van der Waals surface area (Å²) in [6.07, 6.45) is 0. The largest absolute Gasteiger partial charge is 0.0616 e. The van der Waals surface area contributed by atoms with Crippen molar-refractivity contribution in [1.29, 1.82) is 0 Å². The number of benzene rings is 7. The van der Waals surface area contributed by atoms with E-state index >= 15 is 0 Å². The summed E-state index contributed by atoms with van der Waals surface area (Å²) in [5.41, 5.74) is 2.73. The average molecular weight is 483 g/mol. The third-order valence-corrected chi connectivity index (χ3v) is 8.68. The molecule has 0 N–H and O–H groups in total. The van der Waals surface area contributed by atoms with Gasteiger partial charge in [-0.05, 0) is 113 Å². The van der Waals surface area contributed by atoms with E-state index in [1.165, 1.54) is 86.5 Å². The van der Waals surface area contributed by atoms with Crippen LogP contribution in [0.15, 0.2) is 121 Å². The normalized spacial score (nSPS) is 11.9. The first-order valence-corrected chi connectivity index (χ1v) is 13.4. The Morgan fingerprint density at radius 1 is 0.263 bits per heavy atom. The number of hydrogen-bond donors (Lipinski definition) is 0. The second-order valence-electron chi connectivity index (χ2n) is 10.6. The van der Waals surface area contributed by atoms with Crippen molar-refractivity contribution in [2.75, 3.05) is 0 Å². The predicted octanol–water partition coefficient (Wildman–Crippen LogP) is 10.9. The van der Waals surface area contributed by atoms with Gasteiger partial charge in [0.2, 0.25) is 0 Å². The van der Waals surface area contributed by atoms with Crippen LogP contribution in [0.5, 0.6) is 0 Å². The van der Waals surface area contributed by atoms with E-state index in [0.717, 1.165) is 0 Å². The number of hydrogen-bond acceptors (Lipinski definition) is 0.